The highest BCUT2D eigenvalue weighted by atomic mass is 19.1. The third-order valence-corrected chi connectivity index (χ3v) is 3.28. The standard InChI is InChI=1S/C14H19FN2O/c1-11(14(18)17-9-5-2-6-10-17)16-13-8-4-3-7-12(13)15/h3-4,7-8,11,16H,2,5-6,9-10H2,1H3. The van der Waals surface area contributed by atoms with Crippen molar-refractivity contribution in [1.82, 2.24) is 4.90 Å². The molecule has 98 valence electrons. The van der Waals surface area contributed by atoms with E-state index >= 15 is 0 Å². The number of benzene rings is 1. The Hall–Kier alpha value is -1.58. The molecule has 1 aliphatic rings. The van der Waals surface area contributed by atoms with Crippen LogP contribution in [0.5, 0.6) is 0 Å². The van der Waals surface area contributed by atoms with Gasteiger partial charge in [-0.1, -0.05) is 12.1 Å². The minimum absolute atomic E-state index is 0.0537. The first-order valence-corrected chi connectivity index (χ1v) is 6.48. The van der Waals surface area contributed by atoms with Gasteiger partial charge in [0.05, 0.1) is 5.69 Å². The maximum Gasteiger partial charge on any atom is 0.244 e. The summed E-state index contributed by atoms with van der Waals surface area (Å²) in [5.74, 6) is -0.270. The molecule has 0 aromatic heterocycles. The summed E-state index contributed by atoms with van der Waals surface area (Å²) in [5.41, 5.74) is 0.385. The number of nitrogens with one attached hydrogen (secondary N) is 1. The van der Waals surface area contributed by atoms with Crippen LogP contribution in [0.15, 0.2) is 24.3 Å². The monoisotopic (exact) mass is 250 g/mol. The van der Waals surface area contributed by atoms with Crippen LogP contribution in [0, 0.1) is 5.82 Å². The second-order valence-corrected chi connectivity index (χ2v) is 4.73. The number of likely N-dealkylation sites (tertiary alicyclic amines) is 1. The quantitative estimate of drug-likeness (QED) is 0.894. The average molecular weight is 250 g/mol. The molecule has 1 unspecified atom stereocenters. The van der Waals surface area contributed by atoms with Crippen LogP contribution in [0.3, 0.4) is 0 Å². The van der Waals surface area contributed by atoms with Crippen LogP contribution in [-0.2, 0) is 4.79 Å². The SMILES string of the molecule is CC(Nc1ccccc1F)C(=O)N1CCCCC1. The summed E-state index contributed by atoms with van der Waals surface area (Å²) < 4.78 is 13.5. The van der Waals surface area contributed by atoms with Gasteiger partial charge in [-0.2, -0.15) is 0 Å². The van der Waals surface area contributed by atoms with Crippen LogP contribution in [0.25, 0.3) is 0 Å². The molecule has 0 bridgehead atoms. The highest BCUT2D eigenvalue weighted by molar-refractivity contribution is 5.84. The predicted octanol–water partition coefficient (Wildman–Crippen LogP) is 2.64. The molecule has 0 radical (unpaired) electrons. The van der Waals surface area contributed by atoms with Gasteiger partial charge in [-0.05, 0) is 38.3 Å². The van der Waals surface area contributed by atoms with E-state index in [1.165, 1.54) is 12.5 Å². The zero-order valence-electron chi connectivity index (χ0n) is 10.7. The molecular formula is C14H19FN2O. The van der Waals surface area contributed by atoms with Crippen LogP contribution < -0.4 is 5.32 Å². The van der Waals surface area contributed by atoms with Crippen molar-refractivity contribution in [2.24, 2.45) is 0 Å². The lowest BCUT2D eigenvalue weighted by atomic mass is 10.1. The fourth-order valence-corrected chi connectivity index (χ4v) is 2.26. The molecule has 1 aromatic carbocycles. The number of hydrogen-bond acceptors (Lipinski definition) is 2. The molecule has 1 saturated heterocycles. The second-order valence-electron chi connectivity index (χ2n) is 4.73. The molecule has 0 spiro atoms. The minimum atomic E-state index is -0.389. The average Bonchev–Trinajstić information content (AvgIpc) is 2.41. The van der Waals surface area contributed by atoms with Gasteiger partial charge >= 0.3 is 0 Å². The van der Waals surface area contributed by atoms with Crippen molar-refractivity contribution in [3.8, 4) is 0 Å². The molecule has 1 fully saturated rings. The first-order valence-electron chi connectivity index (χ1n) is 6.48. The van der Waals surface area contributed by atoms with Crippen molar-refractivity contribution in [2.45, 2.75) is 32.2 Å². The van der Waals surface area contributed by atoms with E-state index in [1.54, 1.807) is 25.1 Å². The first-order chi connectivity index (χ1) is 8.68. The van der Waals surface area contributed by atoms with Gasteiger partial charge in [0.25, 0.3) is 0 Å². The van der Waals surface area contributed by atoms with E-state index < -0.39 is 0 Å². The van der Waals surface area contributed by atoms with Gasteiger partial charge in [0.1, 0.15) is 11.9 Å². The predicted molar refractivity (Wildman–Crippen MR) is 69.9 cm³/mol. The normalized spacial score (nSPS) is 17.3. The maximum atomic E-state index is 13.5. The molecule has 0 saturated carbocycles. The molecule has 1 N–H and O–H groups in total. The number of carbonyl (C=O) groups is 1. The van der Waals surface area contributed by atoms with E-state index in [0.717, 1.165) is 25.9 Å². The summed E-state index contributed by atoms with van der Waals surface area (Å²) in [6, 6.07) is 6.04. The molecule has 0 aliphatic carbocycles. The number of piperidine rings is 1. The van der Waals surface area contributed by atoms with Crippen molar-refractivity contribution in [3.05, 3.63) is 30.1 Å². The van der Waals surface area contributed by atoms with Crippen LogP contribution in [0.2, 0.25) is 0 Å². The molecule has 1 atom stereocenters. The highest BCUT2D eigenvalue weighted by Gasteiger charge is 2.22. The Morgan fingerprint density at radius 1 is 1.28 bits per heavy atom. The van der Waals surface area contributed by atoms with E-state index in [-0.39, 0.29) is 17.8 Å². The molecule has 4 heteroatoms. The Balaban J connectivity index is 1.96. The van der Waals surface area contributed by atoms with Gasteiger partial charge in [0.2, 0.25) is 5.91 Å². The van der Waals surface area contributed by atoms with Crippen molar-refractivity contribution in [2.75, 3.05) is 18.4 Å². The van der Waals surface area contributed by atoms with Gasteiger partial charge < -0.3 is 10.2 Å². The van der Waals surface area contributed by atoms with Crippen molar-refractivity contribution in [1.29, 1.82) is 0 Å². The van der Waals surface area contributed by atoms with Crippen LogP contribution in [0.4, 0.5) is 10.1 Å². The topological polar surface area (TPSA) is 32.3 Å². The summed E-state index contributed by atoms with van der Waals surface area (Å²) in [6.45, 7) is 3.42. The molecule has 18 heavy (non-hydrogen) atoms. The first kappa shape index (κ1) is 12.9. The number of halogens is 1. The summed E-state index contributed by atoms with van der Waals surface area (Å²) in [4.78, 5) is 14.0. The number of rotatable bonds is 3. The highest BCUT2D eigenvalue weighted by Crippen LogP contribution is 2.16. The van der Waals surface area contributed by atoms with E-state index in [2.05, 4.69) is 5.32 Å². The lowest BCUT2D eigenvalue weighted by Gasteiger charge is -2.29. The number of anilines is 1. The van der Waals surface area contributed by atoms with E-state index in [9.17, 15) is 9.18 Å². The fourth-order valence-electron chi connectivity index (χ4n) is 2.26. The summed E-state index contributed by atoms with van der Waals surface area (Å²) in [5, 5.41) is 2.94. The van der Waals surface area contributed by atoms with Gasteiger partial charge in [-0.3, -0.25) is 4.79 Å². The molecule has 1 amide bonds. The molecular weight excluding hydrogens is 231 g/mol. The smallest absolute Gasteiger partial charge is 0.244 e. The van der Waals surface area contributed by atoms with Crippen molar-refractivity contribution in [3.63, 3.8) is 0 Å². The van der Waals surface area contributed by atoms with E-state index in [4.69, 9.17) is 0 Å². The van der Waals surface area contributed by atoms with Crippen molar-refractivity contribution >= 4 is 11.6 Å². The zero-order valence-corrected chi connectivity index (χ0v) is 10.7. The Labute approximate surface area is 107 Å². The Morgan fingerprint density at radius 2 is 1.94 bits per heavy atom. The van der Waals surface area contributed by atoms with E-state index in [0.29, 0.717) is 5.69 Å². The number of nitrogens with zero attached hydrogens (tertiary/aromatic N) is 1. The lowest BCUT2D eigenvalue weighted by Crippen LogP contribution is -2.44. The lowest BCUT2D eigenvalue weighted by molar-refractivity contribution is -0.132. The fraction of sp³-hybridized carbons (Fsp3) is 0.500. The zero-order chi connectivity index (χ0) is 13.0. The maximum absolute atomic E-state index is 13.5. The number of hydrogen-bond donors (Lipinski definition) is 1. The molecule has 1 aliphatic heterocycles. The third-order valence-electron chi connectivity index (χ3n) is 3.28. The van der Waals surface area contributed by atoms with Crippen LogP contribution >= 0.6 is 0 Å². The number of amides is 1. The largest absolute Gasteiger partial charge is 0.372 e. The van der Waals surface area contributed by atoms with Crippen LogP contribution in [-0.4, -0.2) is 29.9 Å². The Kier molecular flexibility index (Phi) is 4.18. The summed E-state index contributed by atoms with van der Waals surface area (Å²) in [6.07, 6.45) is 3.33. The molecule has 2 rings (SSSR count). The Bertz CT molecular complexity index is 416. The second kappa shape index (κ2) is 5.85. The summed E-state index contributed by atoms with van der Waals surface area (Å²) in [7, 11) is 0. The number of carbonyl (C=O) groups excluding carboxylic acids is 1. The van der Waals surface area contributed by atoms with Gasteiger partial charge in [0.15, 0.2) is 0 Å². The number of para-hydroxylation sites is 1. The molecule has 1 aromatic rings. The van der Waals surface area contributed by atoms with Crippen molar-refractivity contribution < 1.29 is 9.18 Å². The van der Waals surface area contributed by atoms with E-state index in [1.807, 2.05) is 4.90 Å². The molecule has 1 heterocycles. The summed E-state index contributed by atoms with van der Waals surface area (Å²) >= 11 is 0. The van der Waals surface area contributed by atoms with Gasteiger partial charge in [-0.25, -0.2) is 4.39 Å². The van der Waals surface area contributed by atoms with Crippen LogP contribution in [0.1, 0.15) is 26.2 Å². The van der Waals surface area contributed by atoms with Gasteiger partial charge in [0, 0.05) is 13.1 Å². The van der Waals surface area contributed by atoms with Gasteiger partial charge in [-0.15, -0.1) is 0 Å². The molecule has 3 nitrogen and oxygen atoms in total. The third kappa shape index (κ3) is 3.00. The Morgan fingerprint density at radius 3 is 2.61 bits per heavy atom. The minimum Gasteiger partial charge on any atom is -0.372 e.